The van der Waals surface area contributed by atoms with Crippen molar-refractivity contribution >= 4 is 23.3 Å². The van der Waals surface area contributed by atoms with Gasteiger partial charge in [0.2, 0.25) is 5.91 Å². The van der Waals surface area contributed by atoms with Crippen LogP contribution < -0.4 is 14.8 Å². The van der Waals surface area contributed by atoms with Crippen molar-refractivity contribution in [2.24, 2.45) is 0 Å². The summed E-state index contributed by atoms with van der Waals surface area (Å²) < 4.78 is 13.0. The third kappa shape index (κ3) is 3.64. The maximum absolute atomic E-state index is 12.3. The second-order valence-corrected chi connectivity index (χ2v) is 6.34. The Hall–Kier alpha value is -2.21. The second kappa shape index (κ2) is 7.13. The first kappa shape index (κ1) is 16.6. The molecule has 1 aliphatic heterocycles. The third-order valence-electron chi connectivity index (χ3n) is 3.65. The SMILES string of the molecule is CC(C)n1nccc1NC(=O)Cc1cc(Cl)c2c(c1)OCCCO2. The maximum atomic E-state index is 12.3. The fourth-order valence-corrected chi connectivity index (χ4v) is 2.87. The van der Waals surface area contributed by atoms with Crippen molar-refractivity contribution in [2.45, 2.75) is 32.7 Å². The van der Waals surface area contributed by atoms with E-state index in [1.807, 2.05) is 19.9 Å². The molecule has 1 N–H and O–H groups in total. The van der Waals surface area contributed by atoms with E-state index in [0.717, 1.165) is 12.0 Å². The molecule has 2 aromatic rings. The normalized spacial score (nSPS) is 13.7. The van der Waals surface area contributed by atoms with Crippen molar-refractivity contribution in [3.8, 4) is 11.5 Å². The summed E-state index contributed by atoms with van der Waals surface area (Å²) in [4.78, 5) is 12.3. The van der Waals surface area contributed by atoms with Gasteiger partial charge in [0.05, 0.1) is 30.9 Å². The molecule has 0 radical (unpaired) electrons. The number of ether oxygens (including phenoxy) is 2. The van der Waals surface area contributed by atoms with Crippen LogP contribution in [-0.4, -0.2) is 28.9 Å². The van der Waals surface area contributed by atoms with Crippen molar-refractivity contribution in [2.75, 3.05) is 18.5 Å². The average molecular weight is 350 g/mol. The fraction of sp³-hybridized carbons (Fsp3) is 0.412. The Labute approximate surface area is 145 Å². The third-order valence-corrected chi connectivity index (χ3v) is 3.93. The van der Waals surface area contributed by atoms with Crippen LogP contribution in [0.5, 0.6) is 11.5 Å². The summed E-state index contributed by atoms with van der Waals surface area (Å²) in [7, 11) is 0. The summed E-state index contributed by atoms with van der Waals surface area (Å²) in [6.07, 6.45) is 2.67. The number of benzene rings is 1. The number of fused-ring (bicyclic) bond motifs is 1. The highest BCUT2D eigenvalue weighted by atomic mass is 35.5. The monoisotopic (exact) mass is 349 g/mol. The molecule has 1 aromatic carbocycles. The van der Waals surface area contributed by atoms with Gasteiger partial charge < -0.3 is 14.8 Å². The van der Waals surface area contributed by atoms with Crippen molar-refractivity contribution < 1.29 is 14.3 Å². The molecule has 0 saturated carbocycles. The lowest BCUT2D eigenvalue weighted by Crippen LogP contribution is -2.18. The van der Waals surface area contributed by atoms with E-state index in [2.05, 4.69) is 10.4 Å². The minimum absolute atomic E-state index is 0.136. The topological polar surface area (TPSA) is 65.4 Å². The number of nitrogens with one attached hydrogen (secondary N) is 1. The number of amides is 1. The van der Waals surface area contributed by atoms with E-state index < -0.39 is 0 Å². The van der Waals surface area contributed by atoms with Gasteiger partial charge in [-0.25, -0.2) is 4.68 Å². The van der Waals surface area contributed by atoms with Crippen LogP contribution in [0.25, 0.3) is 0 Å². The van der Waals surface area contributed by atoms with Crippen molar-refractivity contribution in [1.82, 2.24) is 9.78 Å². The Kier molecular flexibility index (Phi) is 4.94. The van der Waals surface area contributed by atoms with Crippen LogP contribution >= 0.6 is 11.6 Å². The van der Waals surface area contributed by atoms with Gasteiger partial charge in [-0.05, 0) is 31.5 Å². The molecule has 0 spiro atoms. The molecular formula is C17H20ClN3O3. The molecule has 2 heterocycles. The summed E-state index contributed by atoms with van der Waals surface area (Å²) in [5, 5.41) is 7.54. The van der Waals surface area contributed by atoms with Crippen LogP contribution in [0.4, 0.5) is 5.82 Å². The van der Waals surface area contributed by atoms with E-state index in [1.165, 1.54) is 0 Å². The first-order valence-electron chi connectivity index (χ1n) is 7.96. The maximum Gasteiger partial charge on any atom is 0.229 e. The average Bonchev–Trinajstić information content (AvgIpc) is 2.84. The van der Waals surface area contributed by atoms with E-state index in [4.69, 9.17) is 21.1 Å². The van der Waals surface area contributed by atoms with E-state index in [-0.39, 0.29) is 18.4 Å². The number of carbonyl (C=O) groups is 1. The van der Waals surface area contributed by atoms with Crippen LogP contribution in [-0.2, 0) is 11.2 Å². The smallest absolute Gasteiger partial charge is 0.229 e. The van der Waals surface area contributed by atoms with Crippen LogP contribution in [0.2, 0.25) is 5.02 Å². The number of halogens is 1. The minimum Gasteiger partial charge on any atom is -0.489 e. The number of rotatable bonds is 4. The zero-order valence-corrected chi connectivity index (χ0v) is 14.5. The van der Waals surface area contributed by atoms with Crippen LogP contribution in [0.3, 0.4) is 0 Å². The molecule has 3 rings (SSSR count). The lowest BCUT2D eigenvalue weighted by Gasteiger charge is -2.13. The van der Waals surface area contributed by atoms with Gasteiger partial charge in [-0.15, -0.1) is 0 Å². The number of nitrogens with zero attached hydrogens (tertiary/aromatic N) is 2. The van der Waals surface area contributed by atoms with Crippen LogP contribution in [0.15, 0.2) is 24.4 Å². The van der Waals surface area contributed by atoms with Crippen molar-refractivity contribution in [3.63, 3.8) is 0 Å². The van der Waals surface area contributed by atoms with Gasteiger partial charge in [-0.2, -0.15) is 5.10 Å². The summed E-state index contributed by atoms with van der Waals surface area (Å²) >= 11 is 6.26. The standard InChI is InChI=1S/C17H20ClN3O3/c1-11(2)21-15(4-5-19-21)20-16(22)10-12-8-13(18)17-14(9-12)23-6-3-7-24-17/h4-5,8-9,11H,3,6-7,10H2,1-2H3,(H,20,22). The molecule has 0 saturated heterocycles. The zero-order chi connectivity index (χ0) is 17.1. The Morgan fingerprint density at radius 2 is 2.17 bits per heavy atom. The molecule has 0 atom stereocenters. The van der Waals surface area contributed by atoms with E-state index in [9.17, 15) is 4.79 Å². The molecule has 0 bridgehead atoms. The van der Waals surface area contributed by atoms with E-state index in [0.29, 0.717) is 35.6 Å². The predicted molar refractivity (Wildman–Crippen MR) is 92.0 cm³/mol. The number of carbonyl (C=O) groups excluding carboxylic acids is 1. The van der Waals surface area contributed by atoms with Crippen LogP contribution in [0.1, 0.15) is 31.9 Å². The molecule has 24 heavy (non-hydrogen) atoms. The molecule has 128 valence electrons. The predicted octanol–water partition coefficient (Wildman–Crippen LogP) is 3.46. The summed E-state index contributed by atoms with van der Waals surface area (Å²) in [6.45, 7) is 5.16. The first-order chi connectivity index (χ1) is 11.5. The Morgan fingerprint density at radius 3 is 2.96 bits per heavy atom. The fourth-order valence-electron chi connectivity index (χ4n) is 2.58. The molecule has 7 heteroatoms. The lowest BCUT2D eigenvalue weighted by molar-refractivity contribution is -0.115. The first-order valence-corrected chi connectivity index (χ1v) is 8.34. The Morgan fingerprint density at radius 1 is 1.38 bits per heavy atom. The Balaban J connectivity index is 1.74. The number of hydrogen-bond acceptors (Lipinski definition) is 4. The number of anilines is 1. The molecule has 6 nitrogen and oxygen atoms in total. The molecule has 1 aliphatic rings. The minimum atomic E-state index is -0.136. The number of aromatic nitrogens is 2. The molecule has 1 amide bonds. The molecule has 0 unspecified atom stereocenters. The zero-order valence-electron chi connectivity index (χ0n) is 13.7. The molecular weight excluding hydrogens is 330 g/mol. The number of hydrogen-bond donors (Lipinski definition) is 1. The highest BCUT2D eigenvalue weighted by molar-refractivity contribution is 6.32. The van der Waals surface area contributed by atoms with Gasteiger partial charge in [-0.3, -0.25) is 4.79 Å². The highest BCUT2D eigenvalue weighted by Crippen LogP contribution is 2.38. The van der Waals surface area contributed by atoms with Gasteiger partial charge in [-0.1, -0.05) is 11.6 Å². The lowest BCUT2D eigenvalue weighted by atomic mass is 10.1. The van der Waals surface area contributed by atoms with Gasteiger partial charge in [0.25, 0.3) is 0 Å². The van der Waals surface area contributed by atoms with Gasteiger partial charge in [0, 0.05) is 18.5 Å². The second-order valence-electron chi connectivity index (χ2n) is 5.94. The van der Waals surface area contributed by atoms with Gasteiger partial charge in [0.15, 0.2) is 11.5 Å². The molecule has 0 aliphatic carbocycles. The summed E-state index contributed by atoms with van der Waals surface area (Å²) in [5.74, 6) is 1.68. The van der Waals surface area contributed by atoms with Gasteiger partial charge in [0.1, 0.15) is 5.82 Å². The largest absolute Gasteiger partial charge is 0.489 e. The van der Waals surface area contributed by atoms with Crippen molar-refractivity contribution in [3.05, 3.63) is 35.0 Å². The molecule has 1 aromatic heterocycles. The quantitative estimate of drug-likeness (QED) is 0.918. The van der Waals surface area contributed by atoms with E-state index in [1.54, 1.807) is 23.0 Å². The van der Waals surface area contributed by atoms with Gasteiger partial charge >= 0.3 is 0 Å². The highest BCUT2D eigenvalue weighted by Gasteiger charge is 2.17. The molecule has 0 fully saturated rings. The summed E-state index contributed by atoms with van der Waals surface area (Å²) in [6, 6.07) is 5.50. The van der Waals surface area contributed by atoms with Crippen LogP contribution in [0, 0.1) is 0 Å². The van der Waals surface area contributed by atoms with Crippen molar-refractivity contribution in [1.29, 1.82) is 0 Å². The summed E-state index contributed by atoms with van der Waals surface area (Å²) in [5.41, 5.74) is 0.775. The Bertz CT molecular complexity index is 743. The van der Waals surface area contributed by atoms with E-state index >= 15 is 0 Å².